The second kappa shape index (κ2) is 5.75. The van der Waals surface area contributed by atoms with Crippen LogP contribution in [0.15, 0.2) is 22.6 Å². The first kappa shape index (κ1) is 13.3. The van der Waals surface area contributed by atoms with Crippen LogP contribution in [0.3, 0.4) is 0 Å². The van der Waals surface area contributed by atoms with Gasteiger partial charge in [0.25, 0.3) is 0 Å². The van der Waals surface area contributed by atoms with E-state index in [-0.39, 0.29) is 6.04 Å². The lowest BCUT2D eigenvalue weighted by molar-refractivity contribution is 0.423. The molecule has 4 heteroatoms. The number of aromatic nitrogens is 2. The highest BCUT2D eigenvalue weighted by Gasteiger charge is 2.16. The van der Waals surface area contributed by atoms with E-state index in [0.29, 0.717) is 11.8 Å². The standard InChI is InChI=1S/C16H21N3O/c1-3-9-17-11(2)15-18-19-16(20-15)14-8-7-12-5-4-6-13(12)10-14/h7-8,10-11,17H,3-6,9H2,1-2H3. The van der Waals surface area contributed by atoms with E-state index in [0.717, 1.165) is 18.5 Å². The van der Waals surface area contributed by atoms with Crippen LogP contribution in [0.25, 0.3) is 11.5 Å². The predicted octanol–water partition coefficient (Wildman–Crippen LogP) is 3.29. The minimum Gasteiger partial charge on any atom is -0.419 e. The molecule has 20 heavy (non-hydrogen) atoms. The van der Waals surface area contributed by atoms with E-state index in [1.807, 2.05) is 0 Å². The van der Waals surface area contributed by atoms with E-state index in [4.69, 9.17) is 4.42 Å². The second-order valence-corrected chi connectivity index (χ2v) is 5.46. The average Bonchev–Trinajstić information content (AvgIpc) is 3.12. The van der Waals surface area contributed by atoms with E-state index in [2.05, 4.69) is 47.6 Å². The highest BCUT2D eigenvalue weighted by molar-refractivity contribution is 5.56. The molecule has 0 spiro atoms. The third-order valence-electron chi connectivity index (χ3n) is 3.86. The average molecular weight is 271 g/mol. The maximum atomic E-state index is 5.80. The van der Waals surface area contributed by atoms with Gasteiger partial charge in [-0.3, -0.25) is 0 Å². The van der Waals surface area contributed by atoms with Gasteiger partial charge in [-0.05, 0) is 62.4 Å². The lowest BCUT2D eigenvalue weighted by atomic mass is 10.1. The molecule has 1 aromatic carbocycles. The third-order valence-corrected chi connectivity index (χ3v) is 3.86. The van der Waals surface area contributed by atoms with Gasteiger partial charge in [-0.2, -0.15) is 0 Å². The van der Waals surface area contributed by atoms with Crippen molar-refractivity contribution >= 4 is 0 Å². The Morgan fingerprint density at radius 1 is 1.25 bits per heavy atom. The molecule has 1 aromatic heterocycles. The molecule has 106 valence electrons. The van der Waals surface area contributed by atoms with Crippen molar-refractivity contribution in [3.8, 4) is 11.5 Å². The Morgan fingerprint density at radius 3 is 2.95 bits per heavy atom. The van der Waals surface area contributed by atoms with Crippen LogP contribution in [0.1, 0.15) is 49.7 Å². The van der Waals surface area contributed by atoms with E-state index in [9.17, 15) is 0 Å². The highest BCUT2D eigenvalue weighted by Crippen LogP contribution is 2.28. The van der Waals surface area contributed by atoms with Crippen molar-refractivity contribution < 1.29 is 4.42 Å². The molecule has 4 nitrogen and oxygen atoms in total. The number of benzene rings is 1. The van der Waals surface area contributed by atoms with Gasteiger partial charge < -0.3 is 9.73 Å². The summed E-state index contributed by atoms with van der Waals surface area (Å²) in [7, 11) is 0. The van der Waals surface area contributed by atoms with Crippen molar-refractivity contribution in [2.24, 2.45) is 0 Å². The van der Waals surface area contributed by atoms with Crippen LogP contribution in [0, 0.1) is 0 Å². The van der Waals surface area contributed by atoms with Crippen LogP contribution in [0.5, 0.6) is 0 Å². The summed E-state index contributed by atoms with van der Waals surface area (Å²) in [6.07, 6.45) is 4.71. The van der Waals surface area contributed by atoms with E-state index >= 15 is 0 Å². The van der Waals surface area contributed by atoms with Gasteiger partial charge in [0.15, 0.2) is 0 Å². The molecular weight excluding hydrogens is 250 g/mol. The van der Waals surface area contributed by atoms with Gasteiger partial charge >= 0.3 is 0 Å². The largest absolute Gasteiger partial charge is 0.419 e. The quantitative estimate of drug-likeness (QED) is 0.906. The normalized spacial score (nSPS) is 15.3. The third kappa shape index (κ3) is 2.61. The van der Waals surface area contributed by atoms with Crippen molar-refractivity contribution in [3.05, 3.63) is 35.2 Å². The molecule has 0 radical (unpaired) electrons. The molecule has 1 heterocycles. The maximum Gasteiger partial charge on any atom is 0.247 e. The van der Waals surface area contributed by atoms with E-state index in [1.54, 1.807) is 0 Å². The molecule has 1 aliphatic carbocycles. The van der Waals surface area contributed by atoms with Gasteiger partial charge in [-0.15, -0.1) is 10.2 Å². The summed E-state index contributed by atoms with van der Waals surface area (Å²) >= 11 is 0. The maximum absolute atomic E-state index is 5.80. The van der Waals surface area contributed by atoms with Crippen molar-refractivity contribution in [1.29, 1.82) is 0 Å². The molecule has 2 aromatic rings. The summed E-state index contributed by atoms with van der Waals surface area (Å²) < 4.78 is 5.80. The second-order valence-electron chi connectivity index (χ2n) is 5.46. The van der Waals surface area contributed by atoms with Gasteiger partial charge in [0, 0.05) is 5.56 Å². The fourth-order valence-corrected chi connectivity index (χ4v) is 2.68. The summed E-state index contributed by atoms with van der Waals surface area (Å²) in [6.45, 7) is 5.15. The Labute approximate surface area is 119 Å². The van der Waals surface area contributed by atoms with Gasteiger partial charge in [0.05, 0.1) is 6.04 Å². The molecule has 3 rings (SSSR count). The fraction of sp³-hybridized carbons (Fsp3) is 0.500. The van der Waals surface area contributed by atoms with Crippen LogP contribution in [0.4, 0.5) is 0 Å². The fourth-order valence-electron chi connectivity index (χ4n) is 2.68. The minimum atomic E-state index is 0.102. The Bertz CT molecular complexity index is 591. The highest BCUT2D eigenvalue weighted by atomic mass is 16.4. The zero-order valence-corrected chi connectivity index (χ0v) is 12.1. The summed E-state index contributed by atoms with van der Waals surface area (Å²) in [5.74, 6) is 1.29. The van der Waals surface area contributed by atoms with E-state index < -0.39 is 0 Å². The van der Waals surface area contributed by atoms with Crippen LogP contribution < -0.4 is 5.32 Å². The summed E-state index contributed by atoms with van der Waals surface area (Å²) in [5.41, 5.74) is 3.93. The molecule has 1 aliphatic rings. The smallest absolute Gasteiger partial charge is 0.247 e. The van der Waals surface area contributed by atoms with Gasteiger partial charge in [0.1, 0.15) is 0 Å². The van der Waals surface area contributed by atoms with Crippen LogP contribution in [0.2, 0.25) is 0 Å². The zero-order valence-electron chi connectivity index (χ0n) is 12.1. The number of fused-ring (bicyclic) bond motifs is 1. The molecule has 1 atom stereocenters. The number of nitrogens with one attached hydrogen (secondary N) is 1. The van der Waals surface area contributed by atoms with Gasteiger partial charge in [-0.25, -0.2) is 0 Å². The number of rotatable bonds is 5. The molecule has 0 aliphatic heterocycles. The van der Waals surface area contributed by atoms with Gasteiger partial charge in [0.2, 0.25) is 11.8 Å². The van der Waals surface area contributed by atoms with E-state index in [1.165, 1.54) is 30.4 Å². The first-order valence-corrected chi connectivity index (χ1v) is 7.47. The Morgan fingerprint density at radius 2 is 2.10 bits per heavy atom. The Balaban J connectivity index is 1.79. The number of hydrogen-bond donors (Lipinski definition) is 1. The van der Waals surface area contributed by atoms with Crippen molar-refractivity contribution in [2.45, 2.75) is 45.6 Å². The van der Waals surface area contributed by atoms with Crippen molar-refractivity contribution in [3.63, 3.8) is 0 Å². The minimum absolute atomic E-state index is 0.102. The Kier molecular flexibility index (Phi) is 3.83. The molecule has 0 bridgehead atoms. The SMILES string of the molecule is CCCNC(C)c1nnc(-c2ccc3c(c2)CCC3)o1. The monoisotopic (exact) mass is 271 g/mol. The lowest BCUT2D eigenvalue weighted by Gasteiger charge is -2.07. The number of hydrogen-bond acceptors (Lipinski definition) is 4. The lowest BCUT2D eigenvalue weighted by Crippen LogP contribution is -2.19. The summed E-state index contributed by atoms with van der Waals surface area (Å²) in [6, 6.07) is 6.58. The molecule has 0 saturated heterocycles. The number of aryl methyl sites for hydroxylation is 2. The molecular formula is C16H21N3O. The topological polar surface area (TPSA) is 51.0 Å². The number of nitrogens with zero attached hydrogens (tertiary/aromatic N) is 2. The zero-order chi connectivity index (χ0) is 13.9. The molecule has 1 unspecified atom stereocenters. The Hall–Kier alpha value is -1.68. The molecule has 0 fully saturated rings. The van der Waals surface area contributed by atoms with Crippen LogP contribution in [-0.2, 0) is 12.8 Å². The first-order valence-electron chi connectivity index (χ1n) is 7.47. The summed E-state index contributed by atoms with van der Waals surface area (Å²) in [4.78, 5) is 0. The van der Waals surface area contributed by atoms with Crippen LogP contribution in [-0.4, -0.2) is 16.7 Å². The molecule has 0 amide bonds. The first-order chi connectivity index (χ1) is 9.78. The summed E-state index contributed by atoms with van der Waals surface area (Å²) in [5, 5.41) is 11.7. The molecule has 1 N–H and O–H groups in total. The van der Waals surface area contributed by atoms with Crippen LogP contribution >= 0.6 is 0 Å². The predicted molar refractivity (Wildman–Crippen MR) is 78.5 cm³/mol. The van der Waals surface area contributed by atoms with Crippen molar-refractivity contribution in [2.75, 3.05) is 6.54 Å². The molecule has 0 saturated carbocycles. The van der Waals surface area contributed by atoms with Crippen molar-refractivity contribution in [1.82, 2.24) is 15.5 Å². The van der Waals surface area contributed by atoms with Gasteiger partial charge in [-0.1, -0.05) is 13.0 Å².